The van der Waals surface area contributed by atoms with Gasteiger partial charge in [0.25, 0.3) is 11.8 Å². The number of carbonyl (C=O) groups excluding carboxylic acids is 3. The number of hydrogen-bond donors (Lipinski definition) is 3. The Morgan fingerprint density at radius 2 is 1.69 bits per heavy atom. The van der Waals surface area contributed by atoms with Gasteiger partial charge in [0.2, 0.25) is 5.91 Å². The molecule has 45 heavy (non-hydrogen) atoms. The second-order valence-corrected chi connectivity index (χ2v) is 12.4. The van der Waals surface area contributed by atoms with Crippen LogP contribution in [0.2, 0.25) is 0 Å². The molecule has 4 atom stereocenters. The molecule has 1 heterocycles. The third-order valence-corrected chi connectivity index (χ3v) is 9.53. The van der Waals surface area contributed by atoms with Gasteiger partial charge >= 0.3 is 6.18 Å². The second-order valence-electron chi connectivity index (χ2n) is 12.4. The molecule has 240 valence electrons. The van der Waals surface area contributed by atoms with Gasteiger partial charge in [-0.3, -0.25) is 14.4 Å². The molecule has 8 nitrogen and oxygen atoms in total. The van der Waals surface area contributed by atoms with Gasteiger partial charge in [-0.1, -0.05) is 11.6 Å². The van der Waals surface area contributed by atoms with Crippen molar-refractivity contribution in [2.45, 2.75) is 56.8 Å². The number of nitrogens with one attached hydrogen (secondary N) is 2. The number of amides is 3. The van der Waals surface area contributed by atoms with Crippen LogP contribution in [0.5, 0.6) is 5.75 Å². The summed E-state index contributed by atoms with van der Waals surface area (Å²) in [6, 6.07) is 6.25. The van der Waals surface area contributed by atoms with Gasteiger partial charge < -0.3 is 25.4 Å². The zero-order valence-electron chi connectivity index (χ0n) is 24.7. The molecule has 2 bridgehead atoms. The number of rotatable bonds is 7. The van der Waals surface area contributed by atoms with Crippen LogP contribution in [-0.4, -0.2) is 60.1 Å². The second kappa shape index (κ2) is 12.1. The number of aliphatic hydroxyl groups excluding tert-OH is 1. The van der Waals surface area contributed by atoms with E-state index in [1.807, 2.05) is 0 Å². The van der Waals surface area contributed by atoms with Crippen LogP contribution in [0.15, 0.2) is 48.0 Å². The maximum Gasteiger partial charge on any atom is 0.419 e. The van der Waals surface area contributed by atoms with Crippen LogP contribution >= 0.6 is 0 Å². The van der Waals surface area contributed by atoms with Crippen LogP contribution in [0.3, 0.4) is 0 Å². The highest BCUT2D eigenvalue weighted by atomic mass is 19.4. The molecule has 4 fully saturated rings. The van der Waals surface area contributed by atoms with Crippen molar-refractivity contribution in [3.8, 4) is 5.75 Å². The first-order valence-corrected chi connectivity index (χ1v) is 15.3. The predicted octanol–water partition coefficient (Wildman–Crippen LogP) is 5.18. The standard InChI is InChI=1S/C33H35F4N3O5/c1-45-27-9-4-18(32(44)40-12-10-20(41)11-13-40)15-24(27)30(42)39-29-22-7-6-21(23(22)14-17-2-3-17)28(29)31(43)38-19-5-8-26(34)25(16-19)33(35,36)37/h4-5,8-9,14-17,20-22,28-29,41H,2-3,6-7,10-13H2,1H3,(H,38,43)(H,39,42)/b23-14-/t21-,22+,28-,29+/m0/s1. The van der Waals surface area contributed by atoms with E-state index >= 15 is 0 Å². The average Bonchev–Trinajstić information content (AvgIpc) is 3.69. The van der Waals surface area contributed by atoms with E-state index in [4.69, 9.17) is 4.74 Å². The Bertz CT molecular complexity index is 1530. The van der Waals surface area contributed by atoms with E-state index in [-0.39, 0.29) is 40.3 Å². The van der Waals surface area contributed by atoms with Gasteiger partial charge in [-0.15, -0.1) is 0 Å². The van der Waals surface area contributed by atoms with Crippen molar-refractivity contribution in [1.29, 1.82) is 0 Å². The number of alkyl halides is 3. The highest BCUT2D eigenvalue weighted by Crippen LogP contribution is 2.54. The van der Waals surface area contributed by atoms with Crippen LogP contribution in [0.25, 0.3) is 0 Å². The first kappa shape index (κ1) is 31.1. The van der Waals surface area contributed by atoms with Crippen molar-refractivity contribution in [3.05, 3.63) is 70.6 Å². The fraction of sp³-hybridized carbons (Fsp3) is 0.485. The molecule has 0 radical (unpaired) electrons. The largest absolute Gasteiger partial charge is 0.496 e. The van der Waals surface area contributed by atoms with Crippen LogP contribution in [0.4, 0.5) is 23.2 Å². The number of likely N-dealkylation sites (tertiary alicyclic amines) is 1. The number of allylic oxidation sites excluding steroid dienone is 1. The lowest BCUT2D eigenvalue weighted by atomic mass is 9.83. The Kier molecular flexibility index (Phi) is 8.36. The van der Waals surface area contributed by atoms with E-state index in [2.05, 4.69) is 16.7 Å². The quantitative estimate of drug-likeness (QED) is 0.289. The minimum Gasteiger partial charge on any atom is -0.496 e. The number of aliphatic hydroxyl groups is 1. The zero-order valence-corrected chi connectivity index (χ0v) is 24.7. The third kappa shape index (κ3) is 6.29. The van der Waals surface area contributed by atoms with Crippen LogP contribution in [0, 0.1) is 29.5 Å². The molecule has 2 aromatic carbocycles. The minimum absolute atomic E-state index is 0.114. The molecule has 0 spiro atoms. The fourth-order valence-corrected chi connectivity index (χ4v) is 7.11. The number of fused-ring (bicyclic) bond motifs is 2. The Hall–Kier alpha value is -3.93. The van der Waals surface area contributed by atoms with Gasteiger partial charge in [-0.2, -0.15) is 13.2 Å². The number of nitrogens with zero attached hydrogens (tertiary/aromatic N) is 1. The number of methoxy groups -OCH3 is 1. The Morgan fingerprint density at radius 3 is 2.36 bits per heavy atom. The lowest BCUT2D eigenvalue weighted by Crippen LogP contribution is -2.48. The summed E-state index contributed by atoms with van der Waals surface area (Å²) >= 11 is 0. The van der Waals surface area contributed by atoms with E-state index in [0.29, 0.717) is 50.4 Å². The molecule has 3 N–H and O–H groups in total. The lowest BCUT2D eigenvalue weighted by Gasteiger charge is -2.31. The molecule has 1 saturated heterocycles. The Morgan fingerprint density at radius 1 is 0.978 bits per heavy atom. The summed E-state index contributed by atoms with van der Waals surface area (Å²) in [5, 5.41) is 15.4. The zero-order chi connectivity index (χ0) is 32.0. The first-order chi connectivity index (χ1) is 21.4. The van der Waals surface area contributed by atoms with Gasteiger partial charge in [0.05, 0.1) is 30.3 Å². The molecule has 12 heteroatoms. The molecule has 3 saturated carbocycles. The number of ether oxygens (including phenoxy) is 1. The summed E-state index contributed by atoms with van der Waals surface area (Å²) in [6.45, 7) is 0.786. The van der Waals surface area contributed by atoms with Crippen molar-refractivity contribution >= 4 is 23.4 Å². The monoisotopic (exact) mass is 629 g/mol. The van der Waals surface area contributed by atoms with Gasteiger partial charge in [0.15, 0.2) is 0 Å². The van der Waals surface area contributed by atoms with Gasteiger partial charge in [-0.05, 0) is 86.8 Å². The van der Waals surface area contributed by atoms with Gasteiger partial charge in [0, 0.05) is 36.3 Å². The summed E-state index contributed by atoms with van der Waals surface area (Å²) in [5.74, 6) is -3.27. The van der Waals surface area contributed by atoms with Crippen molar-refractivity contribution in [2.75, 3.05) is 25.5 Å². The number of hydrogen-bond acceptors (Lipinski definition) is 5. The smallest absolute Gasteiger partial charge is 0.419 e. The Labute approximate surface area is 257 Å². The number of piperidine rings is 1. The van der Waals surface area contributed by atoms with Crippen LogP contribution < -0.4 is 15.4 Å². The fourth-order valence-electron chi connectivity index (χ4n) is 7.11. The van der Waals surface area contributed by atoms with E-state index in [1.165, 1.54) is 19.2 Å². The Balaban J connectivity index is 1.27. The van der Waals surface area contributed by atoms with E-state index in [9.17, 15) is 37.1 Å². The summed E-state index contributed by atoms with van der Waals surface area (Å²) < 4.78 is 59.4. The molecule has 3 aliphatic carbocycles. The van der Waals surface area contributed by atoms with Gasteiger partial charge in [-0.25, -0.2) is 4.39 Å². The topological polar surface area (TPSA) is 108 Å². The molecule has 1 aliphatic heterocycles. The third-order valence-electron chi connectivity index (χ3n) is 9.53. The molecule has 0 unspecified atom stereocenters. The first-order valence-electron chi connectivity index (χ1n) is 15.3. The number of carbonyl (C=O) groups is 3. The highest BCUT2D eigenvalue weighted by Gasteiger charge is 2.55. The normalized spacial score (nSPS) is 25.8. The van der Waals surface area contributed by atoms with Crippen LogP contribution in [0.1, 0.15) is 64.8 Å². The number of benzene rings is 2. The molecule has 4 aliphatic rings. The van der Waals surface area contributed by atoms with Crippen molar-refractivity contribution in [3.63, 3.8) is 0 Å². The predicted molar refractivity (Wildman–Crippen MR) is 156 cm³/mol. The van der Waals surface area contributed by atoms with Crippen LogP contribution in [-0.2, 0) is 11.0 Å². The molecule has 0 aromatic heterocycles. The molecular weight excluding hydrogens is 594 g/mol. The number of anilines is 1. The summed E-state index contributed by atoms with van der Waals surface area (Å²) in [6.07, 6.45) is 1.26. The molecule has 6 rings (SSSR count). The highest BCUT2D eigenvalue weighted by molar-refractivity contribution is 6.02. The summed E-state index contributed by atoms with van der Waals surface area (Å²) in [4.78, 5) is 42.4. The summed E-state index contributed by atoms with van der Waals surface area (Å²) in [5.41, 5.74) is -0.183. The molecule has 2 aromatic rings. The molecule has 3 amide bonds. The van der Waals surface area contributed by atoms with Crippen molar-refractivity contribution in [2.24, 2.45) is 23.7 Å². The van der Waals surface area contributed by atoms with E-state index in [0.717, 1.165) is 30.9 Å². The van der Waals surface area contributed by atoms with Crippen molar-refractivity contribution in [1.82, 2.24) is 10.2 Å². The lowest BCUT2D eigenvalue weighted by molar-refractivity contribution is -0.140. The van der Waals surface area contributed by atoms with E-state index in [1.54, 1.807) is 11.0 Å². The summed E-state index contributed by atoms with van der Waals surface area (Å²) in [7, 11) is 1.40. The number of halogens is 4. The SMILES string of the molecule is COc1ccc(C(=O)N2CCC(O)CC2)cc1C(=O)N[C@H]1[C@@H](C(=O)Nc2ccc(F)c(C(F)(F)F)c2)[C@H]2CC[C@@H]1/C2=C\C1CC1. The maximum absolute atomic E-state index is 13.9. The van der Waals surface area contributed by atoms with Gasteiger partial charge in [0.1, 0.15) is 11.6 Å². The minimum atomic E-state index is -4.93. The average molecular weight is 630 g/mol. The molecular formula is C33H35F4N3O5. The van der Waals surface area contributed by atoms with Crippen molar-refractivity contribution < 1.29 is 41.8 Å². The maximum atomic E-state index is 13.9. The van der Waals surface area contributed by atoms with E-state index < -0.39 is 47.4 Å².